The van der Waals surface area contributed by atoms with Crippen molar-refractivity contribution in [3.8, 4) is 0 Å². The van der Waals surface area contributed by atoms with Gasteiger partial charge in [-0.25, -0.2) is 0 Å². The van der Waals surface area contributed by atoms with Crippen molar-refractivity contribution in [1.82, 2.24) is 20.1 Å². The van der Waals surface area contributed by atoms with Crippen LogP contribution in [0.1, 0.15) is 29.5 Å². The highest BCUT2D eigenvalue weighted by molar-refractivity contribution is 7.90. The van der Waals surface area contributed by atoms with E-state index in [9.17, 15) is 13.2 Å². The zero-order valence-electron chi connectivity index (χ0n) is 24.9. The maximum absolute atomic E-state index is 14.2. The van der Waals surface area contributed by atoms with Crippen LogP contribution in [0.15, 0.2) is 97.1 Å². The second-order valence-corrected chi connectivity index (χ2v) is 13.9. The molecule has 6 rings (SSSR count). The highest BCUT2D eigenvalue weighted by atomic mass is 35.5. The molecule has 2 aliphatic rings. The maximum Gasteiger partial charge on any atom is 0.321 e. The summed E-state index contributed by atoms with van der Waals surface area (Å²) in [5.41, 5.74) is 6.33. The number of benzene rings is 4. The molecular formula is C34H40ClN4O4S+. The lowest BCUT2D eigenvalue weighted by Crippen LogP contribution is -2.68. The van der Waals surface area contributed by atoms with Gasteiger partial charge in [0.25, 0.3) is 5.91 Å². The molecule has 2 atom stereocenters. The van der Waals surface area contributed by atoms with Crippen molar-refractivity contribution in [2.24, 2.45) is 0 Å². The number of ether oxygens (including phenoxy) is 1. The van der Waals surface area contributed by atoms with E-state index in [1.54, 1.807) is 0 Å². The smallest absolute Gasteiger partial charge is 0.321 e. The number of hydrogen-bond acceptors (Lipinski definition) is 6. The molecule has 1 amide bonds. The number of para-hydroxylation sites is 1. The van der Waals surface area contributed by atoms with Crippen LogP contribution in [0.2, 0.25) is 0 Å². The molecule has 10 heteroatoms. The van der Waals surface area contributed by atoms with Gasteiger partial charge in [0.1, 0.15) is 12.6 Å². The van der Waals surface area contributed by atoms with Crippen LogP contribution in [0.3, 0.4) is 0 Å². The Labute approximate surface area is 265 Å². The zero-order valence-corrected chi connectivity index (χ0v) is 26.5. The summed E-state index contributed by atoms with van der Waals surface area (Å²) in [4.78, 5) is 14.2. The number of quaternary nitrogens is 1. The van der Waals surface area contributed by atoms with Crippen molar-refractivity contribution >= 4 is 44.8 Å². The molecule has 0 saturated carbocycles. The van der Waals surface area contributed by atoms with E-state index in [2.05, 4.69) is 40.3 Å². The fourth-order valence-corrected chi connectivity index (χ4v) is 7.84. The first kappa shape index (κ1) is 32.1. The highest BCUT2D eigenvalue weighted by Gasteiger charge is 2.60. The normalized spacial score (nSPS) is 19.7. The lowest BCUT2D eigenvalue weighted by molar-refractivity contribution is -0.127. The average molecular weight is 636 g/mol. The Morgan fingerprint density at radius 1 is 0.909 bits per heavy atom. The van der Waals surface area contributed by atoms with Crippen LogP contribution in [-0.2, 0) is 38.1 Å². The molecule has 3 N–H and O–H groups in total. The molecule has 0 aliphatic carbocycles. The van der Waals surface area contributed by atoms with Gasteiger partial charge in [-0.05, 0) is 53.9 Å². The number of nitrogens with one attached hydrogen (secondary N) is 3. The van der Waals surface area contributed by atoms with Gasteiger partial charge in [-0.3, -0.25) is 10.1 Å². The minimum Gasteiger partial charge on any atom is -0.375 e. The van der Waals surface area contributed by atoms with Crippen molar-refractivity contribution in [2.45, 2.75) is 37.5 Å². The predicted octanol–water partition coefficient (Wildman–Crippen LogP) is 4.57. The molecule has 8 nitrogen and oxygen atoms in total. The van der Waals surface area contributed by atoms with E-state index in [0.717, 1.165) is 53.4 Å². The van der Waals surface area contributed by atoms with Crippen LogP contribution in [-0.4, -0.2) is 52.9 Å². The van der Waals surface area contributed by atoms with E-state index in [0.29, 0.717) is 18.8 Å². The van der Waals surface area contributed by atoms with Crippen LogP contribution >= 0.6 is 12.4 Å². The summed E-state index contributed by atoms with van der Waals surface area (Å²) >= 11 is 0. The van der Waals surface area contributed by atoms with E-state index in [-0.39, 0.29) is 31.0 Å². The molecule has 232 valence electrons. The Hall–Kier alpha value is -3.31. The van der Waals surface area contributed by atoms with Gasteiger partial charge in [0.2, 0.25) is 0 Å². The monoisotopic (exact) mass is 635 g/mol. The molecule has 0 radical (unpaired) electrons. The van der Waals surface area contributed by atoms with Crippen molar-refractivity contribution in [3.63, 3.8) is 0 Å². The topological polar surface area (TPSA) is 96.5 Å². The van der Waals surface area contributed by atoms with Crippen molar-refractivity contribution in [1.29, 1.82) is 0 Å². The highest BCUT2D eigenvalue weighted by Crippen LogP contribution is 2.50. The third-order valence-corrected chi connectivity index (χ3v) is 10.4. The number of sulfonamides is 1. The average Bonchev–Trinajstić information content (AvgIpc) is 3.29. The Kier molecular flexibility index (Phi) is 9.74. The second kappa shape index (κ2) is 13.4. The maximum atomic E-state index is 14.2. The van der Waals surface area contributed by atoms with Gasteiger partial charge in [0.15, 0.2) is 5.69 Å². The number of rotatable bonds is 10. The molecule has 0 bridgehead atoms. The first-order valence-electron chi connectivity index (χ1n) is 14.8. The van der Waals surface area contributed by atoms with Gasteiger partial charge in [-0.15, -0.1) is 12.4 Å². The number of hydrogen-bond donors (Lipinski definition) is 3. The summed E-state index contributed by atoms with van der Waals surface area (Å²) in [7, 11) is -3.82. The Morgan fingerprint density at radius 3 is 2.34 bits per heavy atom. The first-order chi connectivity index (χ1) is 20.8. The third kappa shape index (κ3) is 6.40. The molecule has 0 aromatic heterocycles. The van der Waals surface area contributed by atoms with E-state index in [1.807, 2.05) is 72.8 Å². The van der Waals surface area contributed by atoms with Crippen molar-refractivity contribution in [2.75, 3.05) is 32.5 Å². The van der Waals surface area contributed by atoms with Gasteiger partial charge in [0.05, 0.1) is 24.9 Å². The first-order valence-corrected chi connectivity index (χ1v) is 16.7. The van der Waals surface area contributed by atoms with E-state index >= 15 is 0 Å². The summed E-state index contributed by atoms with van der Waals surface area (Å²) in [5, 5.41) is 9.03. The van der Waals surface area contributed by atoms with Gasteiger partial charge < -0.3 is 10.1 Å². The molecule has 2 heterocycles. The number of carbonyl (C=O) groups excluding carboxylic acids is 1. The van der Waals surface area contributed by atoms with Crippen LogP contribution in [0.25, 0.3) is 10.8 Å². The quantitative estimate of drug-likeness (QED) is 0.221. The minimum atomic E-state index is -3.82. The Bertz CT molecular complexity index is 1710. The molecule has 2 aliphatic heterocycles. The molecule has 1 fully saturated rings. The van der Waals surface area contributed by atoms with Crippen LogP contribution < -0.4 is 20.1 Å². The van der Waals surface area contributed by atoms with E-state index in [1.165, 1.54) is 6.26 Å². The number of fused-ring (bicyclic) bond motifs is 3. The van der Waals surface area contributed by atoms with Crippen LogP contribution in [0.5, 0.6) is 0 Å². The molecule has 4 aromatic carbocycles. The Morgan fingerprint density at radius 2 is 1.59 bits per heavy atom. The summed E-state index contributed by atoms with van der Waals surface area (Å²) in [6, 6.07) is 31.0. The third-order valence-electron chi connectivity index (χ3n) is 8.89. The van der Waals surface area contributed by atoms with Gasteiger partial charge in [0, 0.05) is 18.2 Å². The molecular weight excluding hydrogens is 596 g/mol. The minimum absolute atomic E-state index is 0. The van der Waals surface area contributed by atoms with Crippen molar-refractivity contribution in [3.05, 3.63) is 114 Å². The van der Waals surface area contributed by atoms with Crippen LogP contribution in [0.4, 0.5) is 5.69 Å². The second-order valence-electron chi connectivity index (χ2n) is 11.8. The van der Waals surface area contributed by atoms with E-state index < -0.39 is 26.0 Å². The lowest BCUT2D eigenvalue weighted by atomic mass is 9.75. The van der Waals surface area contributed by atoms with Gasteiger partial charge in [-0.1, -0.05) is 88.9 Å². The van der Waals surface area contributed by atoms with E-state index in [4.69, 9.17) is 4.74 Å². The summed E-state index contributed by atoms with van der Waals surface area (Å²) in [6.45, 7) is 2.70. The zero-order chi connectivity index (χ0) is 29.9. The number of carbonyl (C=O) groups is 1. The summed E-state index contributed by atoms with van der Waals surface area (Å²) < 4.78 is 32.8. The van der Waals surface area contributed by atoms with Crippen molar-refractivity contribution < 1.29 is 17.9 Å². The van der Waals surface area contributed by atoms with Gasteiger partial charge >= 0.3 is 10.0 Å². The fourth-order valence-electron chi connectivity index (χ4n) is 6.59. The number of nitrogens with zero attached hydrogens (tertiary/aromatic N) is 1. The Balaban J connectivity index is 0.00000384. The molecule has 4 aromatic rings. The van der Waals surface area contributed by atoms with Crippen LogP contribution in [0, 0.1) is 0 Å². The molecule has 1 spiro atoms. The summed E-state index contributed by atoms with van der Waals surface area (Å²) in [6.07, 6.45) is 2.83. The standard InChI is InChI=1S/C34H38N4O4S.ClH/c1-43(40,41)38(25-34(17-19-35-20-18-34)30-13-7-8-14-32(30)38)37-33(39)31(24-42-23-26-9-3-2-4-10-26)36-22-27-15-16-28-11-5-6-12-29(28)21-27;/h2-16,21,31,35-36H,17-20,22-25H2,1H3;1H/p+1. The fraction of sp³-hybridized carbons (Fsp3) is 0.324. The number of amides is 1. The number of piperidine rings is 1. The predicted molar refractivity (Wildman–Crippen MR) is 178 cm³/mol. The summed E-state index contributed by atoms with van der Waals surface area (Å²) in [5.74, 6) is -0.417. The molecule has 1 saturated heterocycles. The lowest BCUT2D eigenvalue weighted by Gasteiger charge is -2.36. The molecule has 44 heavy (non-hydrogen) atoms. The SMILES string of the molecule is CS(=O)(=O)[N+]1(NC(=O)C(COCc2ccccc2)NCc2ccc3ccccc3c2)CC2(CCNCC2)c2ccccc21.Cl. The number of halogens is 1. The largest absolute Gasteiger partial charge is 0.375 e. The van der Waals surface area contributed by atoms with Gasteiger partial charge in [-0.2, -0.15) is 13.8 Å². The molecule has 2 unspecified atom stereocenters.